The van der Waals surface area contributed by atoms with Gasteiger partial charge in [0, 0.05) is 29.5 Å². The average molecular weight is 412 g/mol. The van der Waals surface area contributed by atoms with Gasteiger partial charge in [-0.25, -0.2) is 4.39 Å². The number of ether oxygens (including phenoxy) is 1. The molecule has 30 heavy (non-hydrogen) atoms. The van der Waals surface area contributed by atoms with Gasteiger partial charge in [-0.15, -0.1) is 0 Å². The molecule has 2 N–H and O–H groups in total. The van der Waals surface area contributed by atoms with E-state index < -0.39 is 0 Å². The van der Waals surface area contributed by atoms with Crippen LogP contribution in [0.5, 0.6) is 11.5 Å². The van der Waals surface area contributed by atoms with Crippen molar-refractivity contribution in [2.24, 2.45) is 0 Å². The number of halogens is 1. The molecule has 1 aliphatic rings. The number of hydrogen-bond donors (Lipinski definition) is 2. The van der Waals surface area contributed by atoms with Gasteiger partial charge in [-0.2, -0.15) is 0 Å². The molecule has 0 saturated carbocycles. The van der Waals surface area contributed by atoms with Crippen LogP contribution in [0, 0.1) is 5.82 Å². The molecule has 1 saturated heterocycles. The number of benzene rings is 2. The minimum Gasteiger partial charge on any atom is -0.508 e. The maximum Gasteiger partial charge on any atom is 0.170 e. The van der Waals surface area contributed by atoms with E-state index in [1.165, 1.54) is 18.2 Å². The molecule has 0 spiro atoms. The van der Waals surface area contributed by atoms with E-state index in [2.05, 4.69) is 16.6 Å². The predicted octanol–water partition coefficient (Wildman–Crippen LogP) is 4.85. The molecule has 2 heterocycles. The van der Waals surface area contributed by atoms with Crippen molar-refractivity contribution in [2.45, 2.75) is 25.2 Å². The van der Waals surface area contributed by atoms with E-state index in [1.807, 2.05) is 0 Å². The van der Waals surface area contributed by atoms with Gasteiger partial charge in [0.15, 0.2) is 17.1 Å². The maximum atomic E-state index is 13.3. The third kappa shape index (κ3) is 4.41. The molecule has 7 heteroatoms. The monoisotopic (exact) mass is 412 g/mol. The second-order valence-corrected chi connectivity index (χ2v) is 7.66. The van der Waals surface area contributed by atoms with E-state index in [0.29, 0.717) is 29.4 Å². The van der Waals surface area contributed by atoms with E-state index in [4.69, 9.17) is 9.26 Å². The van der Waals surface area contributed by atoms with Gasteiger partial charge < -0.3 is 24.4 Å². The van der Waals surface area contributed by atoms with Crippen LogP contribution < -0.4 is 4.74 Å². The molecule has 4 rings (SSSR count). The number of fused-ring (bicyclic) bond motifs is 1. The Hall–Kier alpha value is -3.06. The lowest BCUT2D eigenvalue weighted by molar-refractivity contribution is 0.189. The number of aromatic hydroxyl groups is 1. The molecule has 0 bridgehead atoms. The van der Waals surface area contributed by atoms with Crippen LogP contribution in [0.2, 0.25) is 0 Å². The number of aliphatic hydroxyl groups is 1. The van der Waals surface area contributed by atoms with Gasteiger partial charge in [-0.05, 0) is 62.7 Å². The van der Waals surface area contributed by atoms with Crippen LogP contribution in [0.3, 0.4) is 0 Å². The summed E-state index contributed by atoms with van der Waals surface area (Å²) in [6, 6.07) is 9.30. The maximum absolute atomic E-state index is 13.3. The van der Waals surface area contributed by atoms with Gasteiger partial charge in [-0.1, -0.05) is 11.7 Å². The number of phenolic OH excluding ortho intramolecular Hbond substituents is 1. The number of hydrogen-bond acceptors (Lipinski definition) is 6. The van der Waals surface area contributed by atoms with Gasteiger partial charge in [0.2, 0.25) is 0 Å². The molecule has 0 unspecified atom stereocenters. The smallest absolute Gasteiger partial charge is 0.170 e. The molecule has 6 nitrogen and oxygen atoms in total. The van der Waals surface area contributed by atoms with E-state index in [-0.39, 0.29) is 17.3 Å². The quantitative estimate of drug-likeness (QED) is 0.427. The molecule has 0 aliphatic carbocycles. The third-order valence-corrected chi connectivity index (χ3v) is 5.60. The average Bonchev–Trinajstić information content (AvgIpc) is 3.15. The SMILES string of the molecule is C=C(O)c1ccc(OCCCN2CCC(c3noc4cc(F)ccc34)CC2)c(O)c1. The number of nitrogens with zero attached hydrogens (tertiary/aromatic N) is 2. The van der Waals surface area contributed by atoms with Crippen molar-refractivity contribution in [3.05, 3.63) is 60.1 Å². The Bertz CT molecular complexity index is 1040. The highest BCUT2D eigenvalue weighted by molar-refractivity contribution is 5.79. The van der Waals surface area contributed by atoms with E-state index in [1.54, 1.807) is 18.2 Å². The lowest BCUT2D eigenvalue weighted by Crippen LogP contribution is -2.34. The summed E-state index contributed by atoms with van der Waals surface area (Å²) < 4.78 is 24.3. The van der Waals surface area contributed by atoms with E-state index >= 15 is 0 Å². The van der Waals surface area contributed by atoms with Gasteiger partial charge in [0.05, 0.1) is 12.3 Å². The minimum atomic E-state index is -0.314. The Kier molecular flexibility index (Phi) is 5.90. The predicted molar refractivity (Wildman–Crippen MR) is 112 cm³/mol. The number of likely N-dealkylation sites (tertiary alicyclic amines) is 1. The lowest BCUT2D eigenvalue weighted by Gasteiger charge is -2.31. The Morgan fingerprint density at radius 3 is 2.77 bits per heavy atom. The Balaban J connectivity index is 1.23. The fourth-order valence-electron chi connectivity index (χ4n) is 3.94. The second-order valence-electron chi connectivity index (χ2n) is 7.66. The van der Waals surface area contributed by atoms with Crippen molar-refractivity contribution in [3.63, 3.8) is 0 Å². The molecule has 1 fully saturated rings. The van der Waals surface area contributed by atoms with E-state index in [9.17, 15) is 14.6 Å². The summed E-state index contributed by atoms with van der Waals surface area (Å²) in [4.78, 5) is 2.39. The summed E-state index contributed by atoms with van der Waals surface area (Å²) in [6.07, 6.45) is 2.80. The van der Waals surface area contributed by atoms with Gasteiger partial charge in [0.25, 0.3) is 0 Å². The van der Waals surface area contributed by atoms with Crippen LogP contribution >= 0.6 is 0 Å². The molecule has 0 amide bonds. The third-order valence-electron chi connectivity index (χ3n) is 5.60. The molecule has 2 aromatic carbocycles. The van der Waals surface area contributed by atoms with Crippen molar-refractivity contribution in [1.82, 2.24) is 10.1 Å². The number of aromatic nitrogens is 1. The minimum absolute atomic E-state index is 0.0109. The zero-order valence-corrected chi connectivity index (χ0v) is 16.7. The first-order valence-corrected chi connectivity index (χ1v) is 10.1. The van der Waals surface area contributed by atoms with Gasteiger partial charge in [0.1, 0.15) is 11.6 Å². The summed E-state index contributed by atoms with van der Waals surface area (Å²) in [5.74, 6) is 0.300. The number of piperidine rings is 1. The summed E-state index contributed by atoms with van der Waals surface area (Å²) in [6.45, 7) is 6.75. The normalized spacial score (nSPS) is 15.5. The zero-order chi connectivity index (χ0) is 21.1. The molecular weight excluding hydrogens is 387 g/mol. The first-order chi connectivity index (χ1) is 14.5. The fourth-order valence-corrected chi connectivity index (χ4v) is 3.94. The summed E-state index contributed by atoms with van der Waals surface area (Å²) in [5, 5.41) is 24.4. The largest absolute Gasteiger partial charge is 0.508 e. The van der Waals surface area contributed by atoms with Crippen molar-refractivity contribution < 1.29 is 23.9 Å². The molecule has 1 aliphatic heterocycles. The number of aliphatic hydroxyl groups excluding tert-OH is 1. The van der Waals surface area contributed by atoms with Crippen LogP contribution in [-0.4, -0.2) is 46.5 Å². The highest BCUT2D eigenvalue weighted by Crippen LogP contribution is 2.33. The van der Waals surface area contributed by atoms with E-state index in [0.717, 1.165) is 50.0 Å². The summed E-state index contributed by atoms with van der Waals surface area (Å²) >= 11 is 0. The van der Waals surface area contributed by atoms with Crippen LogP contribution in [0.1, 0.15) is 36.4 Å². The molecule has 158 valence electrons. The summed E-state index contributed by atoms with van der Waals surface area (Å²) in [5.41, 5.74) is 1.90. The van der Waals surface area contributed by atoms with Crippen LogP contribution in [0.25, 0.3) is 16.7 Å². The van der Waals surface area contributed by atoms with Crippen LogP contribution in [-0.2, 0) is 0 Å². The van der Waals surface area contributed by atoms with Crippen LogP contribution in [0.4, 0.5) is 4.39 Å². The molecule has 0 atom stereocenters. The zero-order valence-electron chi connectivity index (χ0n) is 16.7. The van der Waals surface area contributed by atoms with Crippen molar-refractivity contribution in [1.29, 1.82) is 0 Å². The molecule has 0 radical (unpaired) electrons. The number of rotatable bonds is 7. The highest BCUT2D eigenvalue weighted by Gasteiger charge is 2.25. The van der Waals surface area contributed by atoms with Gasteiger partial charge >= 0.3 is 0 Å². The standard InChI is InChI=1S/C23H25FN2O4/c1-15(27)17-3-6-21(20(28)13-17)29-12-2-9-26-10-7-16(8-11-26)23-19-5-4-18(24)14-22(19)30-25-23/h3-6,13-14,16,27-28H,1-2,7-12H2. The molecule has 3 aromatic rings. The van der Waals surface area contributed by atoms with Gasteiger partial charge in [-0.3, -0.25) is 0 Å². The Morgan fingerprint density at radius 2 is 2.03 bits per heavy atom. The highest BCUT2D eigenvalue weighted by atomic mass is 19.1. The topological polar surface area (TPSA) is 79.0 Å². The summed E-state index contributed by atoms with van der Waals surface area (Å²) in [7, 11) is 0. The first kappa shape index (κ1) is 20.2. The first-order valence-electron chi connectivity index (χ1n) is 10.1. The van der Waals surface area contributed by atoms with Crippen molar-refractivity contribution >= 4 is 16.7 Å². The second kappa shape index (κ2) is 8.75. The Morgan fingerprint density at radius 1 is 1.23 bits per heavy atom. The fraction of sp³-hybridized carbons (Fsp3) is 0.348. The number of phenols is 1. The van der Waals surface area contributed by atoms with Crippen molar-refractivity contribution in [3.8, 4) is 11.5 Å². The van der Waals surface area contributed by atoms with Crippen LogP contribution in [0.15, 0.2) is 47.5 Å². The molecular formula is C23H25FN2O4. The van der Waals surface area contributed by atoms with Crippen molar-refractivity contribution in [2.75, 3.05) is 26.2 Å². The lowest BCUT2D eigenvalue weighted by atomic mass is 9.91. The molecule has 1 aromatic heterocycles. The Labute approximate surface area is 174 Å².